The second-order valence-electron chi connectivity index (χ2n) is 7.35. The molecule has 2 atom stereocenters. The number of benzene rings is 2. The van der Waals surface area contributed by atoms with Crippen molar-refractivity contribution in [1.82, 2.24) is 4.90 Å². The van der Waals surface area contributed by atoms with E-state index >= 15 is 0 Å². The van der Waals surface area contributed by atoms with Gasteiger partial charge in [-0.05, 0) is 48.7 Å². The van der Waals surface area contributed by atoms with Gasteiger partial charge in [0.05, 0.1) is 6.54 Å². The number of amides is 1. The molecular weight excluding hydrogens is 398 g/mol. The average molecular weight is 420 g/mol. The van der Waals surface area contributed by atoms with Gasteiger partial charge < -0.3 is 29.3 Å². The Hall–Kier alpha value is -2.48. The molecule has 2 aromatic rings. The van der Waals surface area contributed by atoms with Gasteiger partial charge in [0.15, 0.2) is 11.5 Å². The molecule has 0 radical (unpaired) electrons. The van der Waals surface area contributed by atoms with Gasteiger partial charge in [-0.25, -0.2) is 4.79 Å². The van der Waals surface area contributed by atoms with Crippen LogP contribution in [0.4, 0.5) is 4.79 Å². The highest BCUT2D eigenvalue weighted by atomic mass is 35.5. The zero-order valence-corrected chi connectivity index (χ0v) is 16.6. The molecule has 2 aromatic carbocycles. The van der Waals surface area contributed by atoms with Crippen molar-refractivity contribution in [3.63, 3.8) is 0 Å². The minimum Gasteiger partial charge on any atom is -0.444 e. The molecule has 2 aliphatic heterocycles. The van der Waals surface area contributed by atoms with Crippen molar-refractivity contribution in [2.45, 2.75) is 31.3 Å². The maximum atomic E-state index is 12.4. The first-order valence-corrected chi connectivity index (χ1v) is 9.76. The highest BCUT2D eigenvalue weighted by molar-refractivity contribution is 6.30. The van der Waals surface area contributed by atoms with Crippen LogP contribution in [0.2, 0.25) is 5.02 Å². The van der Waals surface area contributed by atoms with E-state index in [-0.39, 0.29) is 18.2 Å². The second-order valence-corrected chi connectivity index (χ2v) is 7.78. The average Bonchev–Trinajstić information content (AvgIpc) is 3.28. The van der Waals surface area contributed by atoms with Crippen LogP contribution >= 0.6 is 11.6 Å². The SMILES string of the molecule is C[C@H](Cc1ccc2c(c1)OC(CO)(CO)O2)N1C[C@@H](c2cccc(Cl)c2)OC1=O. The molecule has 0 bridgehead atoms. The van der Waals surface area contributed by atoms with Crippen molar-refractivity contribution in [2.75, 3.05) is 19.8 Å². The van der Waals surface area contributed by atoms with Gasteiger partial charge in [0.1, 0.15) is 19.3 Å². The van der Waals surface area contributed by atoms with E-state index in [2.05, 4.69) is 0 Å². The number of aliphatic hydroxyl groups excluding tert-OH is 2. The Morgan fingerprint density at radius 2 is 1.93 bits per heavy atom. The first-order chi connectivity index (χ1) is 13.9. The van der Waals surface area contributed by atoms with Crippen LogP contribution < -0.4 is 9.47 Å². The highest BCUT2D eigenvalue weighted by Crippen LogP contribution is 2.40. The lowest BCUT2D eigenvalue weighted by Gasteiger charge is -2.22. The quantitative estimate of drug-likeness (QED) is 0.748. The number of hydrogen-bond donors (Lipinski definition) is 2. The number of aliphatic hydroxyl groups is 2. The molecule has 2 aliphatic rings. The van der Waals surface area contributed by atoms with Crippen LogP contribution in [-0.2, 0) is 11.2 Å². The summed E-state index contributed by atoms with van der Waals surface area (Å²) in [4.78, 5) is 14.1. The lowest BCUT2D eigenvalue weighted by molar-refractivity contribution is -0.143. The largest absolute Gasteiger partial charge is 0.444 e. The summed E-state index contributed by atoms with van der Waals surface area (Å²) in [5.74, 6) is -0.528. The monoisotopic (exact) mass is 419 g/mol. The summed E-state index contributed by atoms with van der Waals surface area (Å²) in [6.07, 6.45) is -0.128. The molecule has 154 valence electrons. The number of hydrogen-bond acceptors (Lipinski definition) is 6. The van der Waals surface area contributed by atoms with Crippen molar-refractivity contribution in [3.8, 4) is 11.5 Å². The Bertz CT molecular complexity index is 916. The van der Waals surface area contributed by atoms with E-state index in [1.54, 1.807) is 29.2 Å². The third kappa shape index (κ3) is 3.85. The number of nitrogens with zero attached hydrogens (tertiary/aromatic N) is 1. The zero-order chi connectivity index (χ0) is 20.6. The van der Waals surface area contributed by atoms with E-state index in [9.17, 15) is 15.0 Å². The summed E-state index contributed by atoms with van der Waals surface area (Å²) in [7, 11) is 0. The number of ether oxygens (including phenoxy) is 3. The van der Waals surface area contributed by atoms with Crippen LogP contribution in [0.1, 0.15) is 24.2 Å². The summed E-state index contributed by atoms with van der Waals surface area (Å²) < 4.78 is 16.7. The summed E-state index contributed by atoms with van der Waals surface area (Å²) >= 11 is 6.05. The Labute approximate surface area is 173 Å². The molecule has 0 spiro atoms. The Kier molecular flexibility index (Phi) is 5.29. The predicted octanol–water partition coefficient (Wildman–Crippen LogP) is 2.92. The van der Waals surface area contributed by atoms with Gasteiger partial charge in [0, 0.05) is 11.1 Å². The summed E-state index contributed by atoms with van der Waals surface area (Å²) in [6.45, 7) is 1.48. The van der Waals surface area contributed by atoms with Crippen molar-refractivity contribution < 1.29 is 29.2 Å². The molecule has 0 unspecified atom stereocenters. The molecule has 2 N–H and O–H groups in total. The predicted molar refractivity (Wildman–Crippen MR) is 105 cm³/mol. The van der Waals surface area contributed by atoms with Crippen LogP contribution in [0.15, 0.2) is 42.5 Å². The Morgan fingerprint density at radius 1 is 1.17 bits per heavy atom. The van der Waals surface area contributed by atoms with Crippen molar-refractivity contribution >= 4 is 17.7 Å². The lowest BCUT2D eigenvalue weighted by atomic mass is 10.0. The van der Waals surface area contributed by atoms with E-state index in [0.717, 1.165) is 11.1 Å². The first-order valence-electron chi connectivity index (χ1n) is 9.38. The zero-order valence-electron chi connectivity index (χ0n) is 15.9. The number of fused-ring (bicyclic) bond motifs is 1. The molecule has 0 saturated carbocycles. The van der Waals surface area contributed by atoms with Gasteiger partial charge in [0.25, 0.3) is 5.79 Å². The van der Waals surface area contributed by atoms with Gasteiger partial charge in [0.2, 0.25) is 0 Å². The van der Waals surface area contributed by atoms with Gasteiger partial charge >= 0.3 is 6.09 Å². The third-order valence-electron chi connectivity index (χ3n) is 5.21. The molecule has 2 heterocycles. The minimum atomic E-state index is -1.45. The summed E-state index contributed by atoms with van der Waals surface area (Å²) in [5, 5.41) is 19.5. The maximum Gasteiger partial charge on any atom is 0.410 e. The molecular formula is C21H22ClNO6. The van der Waals surface area contributed by atoms with Crippen LogP contribution in [0, 0.1) is 0 Å². The molecule has 1 fully saturated rings. The van der Waals surface area contributed by atoms with Crippen molar-refractivity contribution in [1.29, 1.82) is 0 Å². The van der Waals surface area contributed by atoms with Gasteiger partial charge in [-0.3, -0.25) is 0 Å². The van der Waals surface area contributed by atoms with Gasteiger partial charge in [-0.1, -0.05) is 29.8 Å². The molecule has 1 amide bonds. The Balaban J connectivity index is 1.44. The van der Waals surface area contributed by atoms with Crippen LogP contribution in [0.5, 0.6) is 11.5 Å². The van der Waals surface area contributed by atoms with E-state index in [4.69, 9.17) is 25.8 Å². The Morgan fingerprint density at radius 3 is 2.66 bits per heavy atom. The molecule has 0 aliphatic carbocycles. The smallest absolute Gasteiger partial charge is 0.410 e. The standard InChI is InChI=1S/C21H22ClNO6/c1-13(23-10-19(27-20(23)26)15-3-2-4-16(22)9-15)7-14-5-6-17-18(8-14)29-21(11-24,12-25)28-17/h2-6,8-9,13,19,24-25H,7,10-12H2,1H3/t13-,19+/m1/s1. The fraction of sp³-hybridized carbons (Fsp3) is 0.381. The van der Waals surface area contributed by atoms with Crippen LogP contribution in [0.3, 0.4) is 0 Å². The fourth-order valence-corrected chi connectivity index (χ4v) is 3.81. The molecule has 0 aromatic heterocycles. The first kappa shape index (κ1) is 19.8. The number of carbonyl (C=O) groups is 1. The van der Waals surface area contributed by atoms with Crippen LogP contribution in [0.25, 0.3) is 0 Å². The minimum absolute atomic E-state index is 0.104. The summed E-state index contributed by atoms with van der Waals surface area (Å²) in [6, 6.07) is 12.6. The number of cyclic esters (lactones) is 1. The number of rotatable bonds is 6. The molecule has 4 rings (SSSR count). The molecule has 7 nitrogen and oxygen atoms in total. The topological polar surface area (TPSA) is 88.5 Å². The molecule has 1 saturated heterocycles. The number of halogens is 1. The van der Waals surface area contributed by atoms with Crippen molar-refractivity contribution in [2.24, 2.45) is 0 Å². The normalized spacial score (nSPS) is 20.6. The fourth-order valence-electron chi connectivity index (χ4n) is 3.62. The van der Waals surface area contributed by atoms with E-state index in [0.29, 0.717) is 29.5 Å². The summed E-state index contributed by atoms with van der Waals surface area (Å²) in [5.41, 5.74) is 1.80. The van der Waals surface area contributed by atoms with E-state index in [1.165, 1.54) is 0 Å². The van der Waals surface area contributed by atoms with Gasteiger partial charge in [-0.15, -0.1) is 0 Å². The lowest BCUT2D eigenvalue weighted by Crippen LogP contribution is -2.46. The van der Waals surface area contributed by atoms with Crippen molar-refractivity contribution in [3.05, 3.63) is 58.6 Å². The maximum absolute atomic E-state index is 12.4. The van der Waals surface area contributed by atoms with Gasteiger partial charge in [-0.2, -0.15) is 0 Å². The van der Waals surface area contributed by atoms with E-state index in [1.807, 2.05) is 25.1 Å². The second kappa shape index (κ2) is 7.74. The van der Waals surface area contributed by atoms with Crippen LogP contribution in [-0.4, -0.2) is 52.8 Å². The van der Waals surface area contributed by atoms with E-state index < -0.39 is 19.0 Å². The highest BCUT2D eigenvalue weighted by Gasteiger charge is 2.41. The molecule has 8 heteroatoms. The number of carbonyl (C=O) groups excluding carboxylic acids is 1. The third-order valence-corrected chi connectivity index (χ3v) is 5.44. The molecule has 29 heavy (non-hydrogen) atoms.